The number of likely N-dealkylation sites (tertiary alicyclic amines) is 1. The summed E-state index contributed by atoms with van der Waals surface area (Å²) in [5.41, 5.74) is 0.833. The lowest BCUT2D eigenvalue weighted by molar-refractivity contribution is -0.132. The number of halogens is 1. The minimum atomic E-state index is -0.672. The van der Waals surface area contributed by atoms with Crippen LogP contribution in [-0.2, 0) is 11.3 Å². The number of hydrogen-bond acceptors (Lipinski definition) is 3. The molecule has 7 heteroatoms. The third-order valence-corrected chi connectivity index (χ3v) is 5.31. The molecule has 1 fully saturated rings. The van der Waals surface area contributed by atoms with Gasteiger partial charge in [0.15, 0.2) is 0 Å². The van der Waals surface area contributed by atoms with Crippen molar-refractivity contribution in [3.63, 3.8) is 0 Å². The number of nitrogens with zero attached hydrogens (tertiary/aromatic N) is 1. The van der Waals surface area contributed by atoms with E-state index >= 15 is 0 Å². The predicted molar refractivity (Wildman–Crippen MR) is 114 cm³/mol. The van der Waals surface area contributed by atoms with Crippen molar-refractivity contribution in [3.8, 4) is 5.75 Å². The van der Waals surface area contributed by atoms with Crippen LogP contribution in [-0.4, -0.2) is 36.5 Å². The van der Waals surface area contributed by atoms with Crippen LogP contribution in [0, 0.1) is 11.2 Å². The zero-order valence-corrected chi connectivity index (χ0v) is 17.4. The van der Waals surface area contributed by atoms with Gasteiger partial charge in [-0.05, 0) is 68.7 Å². The van der Waals surface area contributed by atoms with E-state index in [0.717, 1.165) is 17.7 Å². The predicted octanol–water partition coefficient (Wildman–Crippen LogP) is 4.17. The van der Waals surface area contributed by atoms with Gasteiger partial charge in [-0.2, -0.15) is 0 Å². The fourth-order valence-corrected chi connectivity index (χ4v) is 3.60. The molecule has 0 bridgehead atoms. The molecule has 0 aliphatic carbocycles. The summed E-state index contributed by atoms with van der Waals surface area (Å²) in [6.07, 6.45) is 1.45. The van der Waals surface area contributed by atoms with E-state index < -0.39 is 5.41 Å². The molecular weight excluding hydrogens is 385 g/mol. The van der Waals surface area contributed by atoms with Gasteiger partial charge in [0.05, 0.1) is 12.0 Å². The Morgan fingerprint density at radius 2 is 1.83 bits per heavy atom. The Bertz CT molecular complexity index is 870. The Morgan fingerprint density at radius 1 is 1.13 bits per heavy atom. The monoisotopic (exact) mass is 413 g/mol. The van der Waals surface area contributed by atoms with Gasteiger partial charge in [-0.3, -0.25) is 4.79 Å². The molecule has 0 spiro atoms. The Kier molecular flexibility index (Phi) is 6.92. The average Bonchev–Trinajstić information content (AvgIpc) is 2.74. The van der Waals surface area contributed by atoms with Crippen LogP contribution in [0.25, 0.3) is 0 Å². The molecule has 0 unspecified atom stereocenters. The van der Waals surface area contributed by atoms with E-state index in [0.29, 0.717) is 38.3 Å². The fourth-order valence-electron chi connectivity index (χ4n) is 3.60. The number of amides is 3. The quantitative estimate of drug-likeness (QED) is 0.747. The molecule has 1 atom stereocenters. The standard InChI is InChI=1S/C23H28FN3O3/c1-3-30-20-11-9-19(10-12-20)26-22(29)27-14-4-13-23(2,16-27)21(28)25-15-17-5-7-18(24)8-6-17/h5-12H,3-4,13-16H2,1-2H3,(H,25,28)(H,26,29)/t23-/m1/s1. The molecule has 2 aromatic carbocycles. The summed E-state index contributed by atoms with van der Waals surface area (Å²) in [4.78, 5) is 27.2. The van der Waals surface area contributed by atoms with Crippen LogP contribution in [0.3, 0.4) is 0 Å². The largest absolute Gasteiger partial charge is 0.494 e. The van der Waals surface area contributed by atoms with Crippen molar-refractivity contribution >= 4 is 17.6 Å². The summed E-state index contributed by atoms with van der Waals surface area (Å²) in [5.74, 6) is 0.336. The number of ether oxygens (including phenoxy) is 1. The Labute approximate surface area is 176 Å². The van der Waals surface area contributed by atoms with Gasteiger partial charge in [0.2, 0.25) is 5.91 Å². The normalized spacial score (nSPS) is 18.6. The van der Waals surface area contributed by atoms with Crippen molar-refractivity contribution < 1.29 is 18.7 Å². The SMILES string of the molecule is CCOc1ccc(NC(=O)N2CCC[C@@](C)(C(=O)NCc3ccc(F)cc3)C2)cc1. The molecule has 1 heterocycles. The molecule has 2 aromatic rings. The summed E-state index contributed by atoms with van der Waals surface area (Å²) in [7, 11) is 0. The van der Waals surface area contributed by atoms with E-state index in [1.165, 1.54) is 12.1 Å². The van der Waals surface area contributed by atoms with Crippen molar-refractivity contribution in [2.75, 3.05) is 25.0 Å². The Hall–Kier alpha value is -3.09. The molecule has 1 aliphatic heterocycles. The smallest absolute Gasteiger partial charge is 0.321 e. The zero-order chi connectivity index (χ0) is 21.6. The molecule has 2 N–H and O–H groups in total. The first kappa shape index (κ1) is 21.6. The number of benzene rings is 2. The van der Waals surface area contributed by atoms with E-state index in [1.807, 2.05) is 26.0 Å². The number of rotatable bonds is 6. The van der Waals surface area contributed by atoms with E-state index in [4.69, 9.17) is 4.74 Å². The highest BCUT2D eigenvalue weighted by Crippen LogP contribution is 2.30. The molecule has 160 valence electrons. The van der Waals surface area contributed by atoms with Gasteiger partial charge in [0.25, 0.3) is 0 Å². The number of piperidine rings is 1. The fraction of sp³-hybridized carbons (Fsp3) is 0.391. The third kappa shape index (κ3) is 5.49. The number of carbonyl (C=O) groups is 2. The first-order chi connectivity index (χ1) is 14.4. The lowest BCUT2D eigenvalue weighted by atomic mass is 9.81. The number of nitrogens with one attached hydrogen (secondary N) is 2. The van der Waals surface area contributed by atoms with Gasteiger partial charge in [-0.15, -0.1) is 0 Å². The van der Waals surface area contributed by atoms with Gasteiger partial charge in [0.1, 0.15) is 11.6 Å². The van der Waals surface area contributed by atoms with Crippen LogP contribution in [0.1, 0.15) is 32.3 Å². The highest BCUT2D eigenvalue weighted by Gasteiger charge is 2.39. The number of carbonyl (C=O) groups excluding carboxylic acids is 2. The number of urea groups is 1. The van der Waals surface area contributed by atoms with Crippen molar-refractivity contribution in [2.24, 2.45) is 5.41 Å². The topological polar surface area (TPSA) is 70.7 Å². The van der Waals surface area contributed by atoms with Crippen LogP contribution in [0.2, 0.25) is 0 Å². The molecule has 3 rings (SSSR count). The van der Waals surface area contributed by atoms with Crippen molar-refractivity contribution in [3.05, 3.63) is 59.9 Å². The average molecular weight is 413 g/mol. The molecule has 6 nitrogen and oxygen atoms in total. The zero-order valence-electron chi connectivity index (χ0n) is 17.4. The molecular formula is C23H28FN3O3. The second-order valence-corrected chi connectivity index (χ2v) is 7.78. The van der Waals surface area contributed by atoms with Crippen molar-refractivity contribution in [2.45, 2.75) is 33.2 Å². The molecule has 30 heavy (non-hydrogen) atoms. The summed E-state index contributed by atoms with van der Waals surface area (Å²) >= 11 is 0. The van der Waals surface area contributed by atoms with Crippen LogP contribution in [0.15, 0.2) is 48.5 Å². The van der Waals surface area contributed by atoms with Crippen LogP contribution < -0.4 is 15.4 Å². The van der Waals surface area contributed by atoms with E-state index in [-0.39, 0.29) is 17.8 Å². The van der Waals surface area contributed by atoms with Crippen LogP contribution in [0.5, 0.6) is 5.75 Å². The molecule has 0 radical (unpaired) electrons. The van der Waals surface area contributed by atoms with Gasteiger partial charge < -0.3 is 20.3 Å². The maximum absolute atomic E-state index is 13.0. The third-order valence-electron chi connectivity index (χ3n) is 5.31. The molecule has 0 saturated carbocycles. The van der Waals surface area contributed by atoms with Gasteiger partial charge in [0, 0.05) is 25.3 Å². The van der Waals surface area contributed by atoms with Gasteiger partial charge in [-0.25, -0.2) is 9.18 Å². The highest BCUT2D eigenvalue weighted by molar-refractivity contribution is 5.90. The van der Waals surface area contributed by atoms with Crippen LogP contribution in [0.4, 0.5) is 14.9 Å². The van der Waals surface area contributed by atoms with E-state index in [1.54, 1.807) is 29.2 Å². The maximum Gasteiger partial charge on any atom is 0.321 e. The first-order valence-electron chi connectivity index (χ1n) is 10.2. The first-order valence-corrected chi connectivity index (χ1v) is 10.2. The summed E-state index contributed by atoms with van der Waals surface area (Å²) in [6, 6.07) is 13.0. The van der Waals surface area contributed by atoms with E-state index in [9.17, 15) is 14.0 Å². The van der Waals surface area contributed by atoms with Crippen molar-refractivity contribution in [1.29, 1.82) is 0 Å². The summed E-state index contributed by atoms with van der Waals surface area (Å²) in [5, 5.41) is 5.81. The Balaban J connectivity index is 1.56. The van der Waals surface area contributed by atoms with Crippen molar-refractivity contribution in [1.82, 2.24) is 10.2 Å². The lowest BCUT2D eigenvalue weighted by Gasteiger charge is -2.39. The molecule has 1 saturated heterocycles. The highest BCUT2D eigenvalue weighted by atomic mass is 19.1. The van der Waals surface area contributed by atoms with Gasteiger partial charge in [-0.1, -0.05) is 12.1 Å². The molecule has 0 aromatic heterocycles. The minimum Gasteiger partial charge on any atom is -0.494 e. The van der Waals surface area contributed by atoms with Crippen LogP contribution >= 0.6 is 0 Å². The van der Waals surface area contributed by atoms with Gasteiger partial charge >= 0.3 is 6.03 Å². The molecule has 3 amide bonds. The second kappa shape index (κ2) is 9.61. The maximum atomic E-state index is 13.0. The second-order valence-electron chi connectivity index (χ2n) is 7.78. The summed E-state index contributed by atoms with van der Waals surface area (Å²) < 4.78 is 18.4. The Morgan fingerprint density at radius 3 is 2.50 bits per heavy atom. The number of hydrogen-bond donors (Lipinski definition) is 2. The molecule has 1 aliphatic rings. The summed E-state index contributed by atoms with van der Waals surface area (Å²) in [6.45, 7) is 5.64. The lowest BCUT2D eigenvalue weighted by Crippen LogP contribution is -2.52. The van der Waals surface area contributed by atoms with E-state index in [2.05, 4.69) is 10.6 Å². The minimum absolute atomic E-state index is 0.106. The number of anilines is 1.